The summed E-state index contributed by atoms with van der Waals surface area (Å²) in [5.74, 6) is 1.16. The third-order valence-electron chi connectivity index (χ3n) is 7.48. The maximum atomic E-state index is 13.1. The molecule has 5 rings (SSSR count). The highest BCUT2D eigenvalue weighted by molar-refractivity contribution is 6.04. The summed E-state index contributed by atoms with van der Waals surface area (Å²) in [6.45, 7) is 5.30. The molecule has 2 atom stereocenters. The Morgan fingerprint density at radius 1 is 0.959 bits per heavy atom. The van der Waals surface area contributed by atoms with E-state index < -0.39 is 23.7 Å². The fourth-order valence-electron chi connectivity index (χ4n) is 5.11. The van der Waals surface area contributed by atoms with Crippen LogP contribution in [0.25, 0.3) is 10.9 Å². The van der Waals surface area contributed by atoms with Crippen LogP contribution in [0, 0.1) is 0 Å². The zero-order chi connectivity index (χ0) is 34.8. The lowest BCUT2D eigenvalue weighted by molar-refractivity contribution is -0.150. The minimum atomic E-state index is -0.993. The zero-order valence-corrected chi connectivity index (χ0v) is 28.1. The summed E-state index contributed by atoms with van der Waals surface area (Å²) in [6.07, 6.45) is 7.13. The molecule has 0 saturated carbocycles. The summed E-state index contributed by atoms with van der Waals surface area (Å²) in [5, 5.41) is 6.20. The molecular formula is C38H41N3O8. The van der Waals surface area contributed by atoms with Gasteiger partial charge in [0.05, 0.1) is 19.2 Å². The fraction of sp³-hybridized carbons (Fsp3) is 0.316. The van der Waals surface area contributed by atoms with Gasteiger partial charge in [-0.15, -0.1) is 0 Å². The smallest absolute Gasteiger partial charge is 0.408 e. The van der Waals surface area contributed by atoms with Gasteiger partial charge in [0.2, 0.25) is 0 Å². The van der Waals surface area contributed by atoms with E-state index in [1.165, 1.54) is 7.11 Å². The fourth-order valence-corrected chi connectivity index (χ4v) is 5.11. The van der Waals surface area contributed by atoms with Gasteiger partial charge in [-0.25, -0.2) is 9.59 Å². The highest BCUT2D eigenvalue weighted by Gasteiger charge is 2.28. The number of alkyl carbamates (subject to hydrolysis) is 1. The van der Waals surface area contributed by atoms with Gasteiger partial charge < -0.3 is 34.3 Å². The lowest BCUT2D eigenvalue weighted by atomic mass is 10.1. The molecule has 1 unspecified atom stereocenters. The molecule has 0 aliphatic heterocycles. The van der Waals surface area contributed by atoms with E-state index in [0.717, 1.165) is 19.3 Å². The monoisotopic (exact) mass is 667 g/mol. The highest BCUT2D eigenvalue weighted by Crippen LogP contribution is 2.37. The van der Waals surface area contributed by atoms with Crippen LogP contribution in [0.15, 0.2) is 91.1 Å². The summed E-state index contributed by atoms with van der Waals surface area (Å²) < 4.78 is 29.0. The van der Waals surface area contributed by atoms with Gasteiger partial charge in [-0.1, -0.05) is 24.3 Å². The lowest BCUT2D eigenvalue weighted by Gasteiger charge is -2.25. The molecule has 3 aromatic carbocycles. The number of carbonyl (C=O) groups is 3. The number of nitrogens with zero attached hydrogens (tertiary/aromatic N) is 1. The second kappa shape index (κ2) is 16.0. The summed E-state index contributed by atoms with van der Waals surface area (Å²) >= 11 is 0. The molecule has 49 heavy (non-hydrogen) atoms. The first-order valence-electron chi connectivity index (χ1n) is 16.2. The van der Waals surface area contributed by atoms with Crippen LogP contribution < -0.4 is 24.8 Å². The standard InChI is InChI=1S/C38H41N3O8/c1-38(2,3)49-37(44)41-30(36(43)48-27-13-9-6-10-14-27)20-22-46-34-24-31-29(23-33(34)45-4)32(19-21-39-31)47-28-17-15-26(16-18-28)40-35(42)25-11-7-5-8-12-25/h5,7-9,11-13,15-19,21,23-24,27,30H,6,10,14,20,22H2,1-4H3,(H,40,42)(H,41,44)/t27?,30-/m0/s1. The van der Waals surface area contributed by atoms with E-state index in [9.17, 15) is 14.4 Å². The van der Waals surface area contributed by atoms with Crippen LogP contribution in [0.5, 0.6) is 23.0 Å². The van der Waals surface area contributed by atoms with Crippen molar-refractivity contribution in [2.75, 3.05) is 19.0 Å². The molecular weight excluding hydrogens is 626 g/mol. The number of rotatable bonds is 12. The number of nitrogens with one attached hydrogen (secondary N) is 2. The quantitative estimate of drug-likeness (QED) is 0.116. The number of allylic oxidation sites excluding steroid dienone is 1. The number of amides is 2. The van der Waals surface area contributed by atoms with Crippen LogP contribution in [0.4, 0.5) is 10.5 Å². The van der Waals surface area contributed by atoms with Gasteiger partial charge in [-0.05, 0) is 94.6 Å². The first kappa shape index (κ1) is 34.7. The molecule has 0 fully saturated rings. The summed E-state index contributed by atoms with van der Waals surface area (Å²) in [6, 6.07) is 20.3. The molecule has 0 radical (unpaired) electrons. The molecule has 256 valence electrons. The van der Waals surface area contributed by atoms with Crippen LogP contribution in [-0.4, -0.2) is 54.4 Å². The molecule has 1 aliphatic rings. The van der Waals surface area contributed by atoms with E-state index in [0.29, 0.717) is 45.2 Å². The van der Waals surface area contributed by atoms with Gasteiger partial charge in [-0.2, -0.15) is 0 Å². The number of fused-ring (bicyclic) bond motifs is 1. The molecule has 1 heterocycles. The number of methoxy groups -OCH3 is 1. The van der Waals surface area contributed by atoms with Crippen molar-refractivity contribution in [2.24, 2.45) is 0 Å². The number of esters is 1. The van der Waals surface area contributed by atoms with Crippen molar-refractivity contribution in [3.8, 4) is 23.0 Å². The molecule has 1 aromatic heterocycles. The van der Waals surface area contributed by atoms with Crippen molar-refractivity contribution in [2.45, 2.75) is 64.2 Å². The normalized spacial score (nSPS) is 14.7. The molecule has 0 bridgehead atoms. The molecule has 0 spiro atoms. The van der Waals surface area contributed by atoms with Crippen molar-refractivity contribution in [1.29, 1.82) is 0 Å². The van der Waals surface area contributed by atoms with Crippen molar-refractivity contribution < 1.29 is 38.1 Å². The van der Waals surface area contributed by atoms with Gasteiger partial charge in [-0.3, -0.25) is 9.78 Å². The minimum absolute atomic E-state index is 0.0568. The zero-order valence-electron chi connectivity index (χ0n) is 28.1. The molecule has 2 amide bonds. The lowest BCUT2D eigenvalue weighted by Crippen LogP contribution is -2.45. The molecule has 11 heteroatoms. The first-order chi connectivity index (χ1) is 23.6. The Morgan fingerprint density at radius 3 is 2.43 bits per heavy atom. The maximum Gasteiger partial charge on any atom is 0.408 e. The molecule has 1 aliphatic carbocycles. The number of hydrogen-bond donors (Lipinski definition) is 2. The number of benzene rings is 3. The Hall–Kier alpha value is -5.58. The number of hydrogen-bond acceptors (Lipinski definition) is 9. The SMILES string of the molecule is COc1cc2c(Oc3ccc(NC(=O)c4ccccc4)cc3)ccnc2cc1OCC[C@H](NC(=O)OC(C)(C)C)C(=O)OC1C=CCCC1. The van der Waals surface area contributed by atoms with Crippen LogP contribution in [0.3, 0.4) is 0 Å². The van der Waals surface area contributed by atoms with Crippen molar-refractivity contribution in [1.82, 2.24) is 10.3 Å². The summed E-state index contributed by atoms with van der Waals surface area (Å²) in [5.41, 5.74) is 1.05. The Morgan fingerprint density at radius 2 is 1.73 bits per heavy atom. The number of carbonyl (C=O) groups excluding carboxylic acids is 3. The van der Waals surface area contributed by atoms with Crippen LogP contribution in [0.2, 0.25) is 0 Å². The topological polar surface area (TPSA) is 134 Å². The Bertz CT molecular complexity index is 1790. The van der Waals surface area contributed by atoms with Crippen LogP contribution in [0.1, 0.15) is 56.8 Å². The average Bonchev–Trinajstić information content (AvgIpc) is 3.08. The molecule has 0 saturated heterocycles. The van der Waals surface area contributed by atoms with Gasteiger partial charge >= 0.3 is 12.1 Å². The molecule has 11 nitrogen and oxygen atoms in total. The van der Waals surface area contributed by atoms with Crippen LogP contribution in [-0.2, 0) is 14.3 Å². The van der Waals surface area contributed by atoms with Gasteiger partial charge in [0.1, 0.15) is 29.2 Å². The third kappa shape index (κ3) is 9.96. The third-order valence-corrected chi connectivity index (χ3v) is 7.48. The van der Waals surface area contributed by atoms with Crippen LogP contribution >= 0.6 is 0 Å². The van der Waals surface area contributed by atoms with E-state index >= 15 is 0 Å². The van der Waals surface area contributed by atoms with Gasteiger partial charge in [0.15, 0.2) is 11.5 Å². The van der Waals surface area contributed by atoms with Crippen molar-refractivity contribution >= 4 is 34.6 Å². The van der Waals surface area contributed by atoms with Gasteiger partial charge in [0, 0.05) is 35.3 Å². The van der Waals surface area contributed by atoms with E-state index in [4.69, 9.17) is 23.7 Å². The molecule has 4 aromatic rings. The average molecular weight is 668 g/mol. The Kier molecular flexibility index (Phi) is 11.4. The molecule has 2 N–H and O–H groups in total. The largest absolute Gasteiger partial charge is 0.493 e. The Balaban J connectivity index is 1.26. The predicted molar refractivity (Wildman–Crippen MR) is 185 cm³/mol. The van der Waals surface area contributed by atoms with Gasteiger partial charge in [0.25, 0.3) is 5.91 Å². The minimum Gasteiger partial charge on any atom is -0.493 e. The summed E-state index contributed by atoms with van der Waals surface area (Å²) in [7, 11) is 1.52. The number of aromatic nitrogens is 1. The van der Waals surface area contributed by atoms with E-state index in [-0.39, 0.29) is 25.0 Å². The second-order valence-corrected chi connectivity index (χ2v) is 12.4. The maximum absolute atomic E-state index is 13.1. The van der Waals surface area contributed by atoms with E-state index in [1.807, 2.05) is 30.4 Å². The first-order valence-corrected chi connectivity index (χ1v) is 16.2. The van der Waals surface area contributed by atoms with E-state index in [2.05, 4.69) is 15.6 Å². The predicted octanol–water partition coefficient (Wildman–Crippen LogP) is 7.60. The second-order valence-electron chi connectivity index (χ2n) is 12.4. The highest BCUT2D eigenvalue weighted by atomic mass is 16.6. The number of ether oxygens (including phenoxy) is 5. The van der Waals surface area contributed by atoms with E-state index in [1.54, 1.807) is 81.6 Å². The number of anilines is 1. The van der Waals surface area contributed by atoms with Crippen molar-refractivity contribution in [3.05, 3.63) is 96.7 Å². The Labute approximate surface area is 285 Å². The summed E-state index contributed by atoms with van der Waals surface area (Å²) in [4.78, 5) is 42.7. The van der Waals surface area contributed by atoms with Crippen molar-refractivity contribution in [3.63, 3.8) is 0 Å². The number of pyridine rings is 1.